The zero-order valence-electron chi connectivity index (χ0n) is 35.9. The zero-order chi connectivity index (χ0) is 41.2. The van der Waals surface area contributed by atoms with Crippen molar-refractivity contribution in [3.63, 3.8) is 0 Å². The second kappa shape index (κ2) is 18.3. The van der Waals surface area contributed by atoms with Crippen molar-refractivity contribution in [3.8, 4) is 11.5 Å². The lowest BCUT2D eigenvalue weighted by molar-refractivity contribution is -0.117. The van der Waals surface area contributed by atoms with Crippen LogP contribution in [0, 0.1) is 52.3 Å². The first-order chi connectivity index (χ1) is 27.2. The Bertz CT molecular complexity index is 1730. The molecular formula is C48H67Cl2NO6. The third-order valence-electron chi connectivity index (χ3n) is 15.5. The minimum Gasteiger partial charge on any atom is -0.494 e. The van der Waals surface area contributed by atoms with Crippen LogP contribution in [-0.4, -0.2) is 53.0 Å². The molecule has 0 unspecified atom stereocenters. The third-order valence-corrected chi connectivity index (χ3v) is 16.1. The van der Waals surface area contributed by atoms with Crippen molar-refractivity contribution >= 4 is 40.7 Å². The van der Waals surface area contributed by atoms with Gasteiger partial charge in [-0.3, -0.25) is 0 Å². The van der Waals surface area contributed by atoms with Crippen LogP contribution in [0.2, 0.25) is 10.0 Å². The van der Waals surface area contributed by atoms with Gasteiger partial charge in [0.05, 0.1) is 38.5 Å². The Morgan fingerprint density at radius 2 is 1.35 bits per heavy atom. The van der Waals surface area contributed by atoms with Crippen molar-refractivity contribution in [2.45, 2.75) is 118 Å². The molecule has 4 fully saturated rings. The topological polar surface area (TPSA) is 83.1 Å². The van der Waals surface area contributed by atoms with Crippen LogP contribution in [0.25, 0.3) is 5.57 Å². The van der Waals surface area contributed by atoms with Gasteiger partial charge in [-0.15, -0.1) is 0 Å². The van der Waals surface area contributed by atoms with Crippen LogP contribution in [0.5, 0.6) is 11.5 Å². The van der Waals surface area contributed by atoms with E-state index in [9.17, 15) is 9.59 Å². The second-order valence-electron chi connectivity index (χ2n) is 18.7. The van der Waals surface area contributed by atoms with Gasteiger partial charge in [0.1, 0.15) is 11.1 Å². The minimum atomic E-state index is -0.571. The highest BCUT2D eigenvalue weighted by atomic mass is 35.5. The van der Waals surface area contributed by atoms with E-state index < -0.39 is 11.9 Å². The van der Waals surface area contributed by atoms with Crippen molar-refractivity contribution in [1.82, 2.24) is 5.32 Å². The number of fused-ring (bicyclic) bond motifs is 5. The molecule has 57 heavy (non-hydrogen) atoms. The van der Waals surface area contributed by atoms with Gasteiger partial charge in [-0.25, -0.2) is 9.59 Å². The summed E-state index contributed by atoms with van der Waals surface area (Å²) in [5, 5.41) is 4.42. The molecule has 0 heterocycles. The highest BCUT2D eigenvalue weighted by Crippen LogP contribution is 2.68. The lowest BCUT2D eigenvalue weighted by Crippen LogP contribution is -2.55. The lowest BCUT2D eigenvalue weighted by atomic mass is 9.44. The fourth-order valence-electron chi connectivity index (χ4n) is 12.6. The molecule has 6 rings (SSSR count). The highest BCUT2D eigenvalue weighted by Gasteiger charge is 2.60. The van der Waals surface area contributed by atoms with E-state index in [4.69, 9.17) is 42.1 Å². The average molecular weight is 825 g/mol. The molecule has 4 aliphatic carbocycles. The number of carbonyl (C=O) groups is 2. The van der Waals surface area contributed by atoms with Crippen molar-refractivity contribution in [1.29, 1.82) is 0 Å². The fourth-order valence-corrected chi connectivity index (χ4v) is 13.2. The summed E-state index contributed by atoms with van der Waals surface area (Å²) in [5.41, 5.74) is 3.35. The number of ether oxygens (including phenoxy) is 4. The number of benzene rings is 2. The van der Waals surface area contributed by atoms with Crippen molar-refractivity contribution in [3.05, 3.63) is 62.6 Å². The van der Waals surface area contributed by atoms with Gasteiger partial charge in [0, 0.05) is 12.6 Å². The maximum atomic E-state index is 12.9. The van der Waals surface area contributed by atoms with Gasteiger partial charge >= 0.3 is 11.9 Å². The Labute approximate surface area is 352 Å². The predicted octanol–water partition coefficient (Wildman–Crippen LogP) is 12.1. The van der Waals surface area contributed by atoms with Crippen LogP contribution in [0.3, 0.4) is 0 Å². The Morgan fingerprint density at radius 3 is 1.91 bits per heavy atom. The largest absolute Gasteiger partial charge is 0.494 e. The Kier molecular flexibility index (Phi) is 14.0. The standard InChI is InChI=1S/C48H67Cl2NO6/c1-28(2)11-10-12-29(3)38-15-16-39-35-14-13-32-27-33(17-20-47(32,4)40(35)18-21-48(38,39)5)51-22-19-34(30-23-36(45(52)56-8)43(54-6)41(49)25-30)31-24-37(46(53)57-9)44(55-7)42(50)26-31/h19,23-26,28-29,32-33,35,38-40,51H,10-18,20-22,27H2,1-9H3/t29-,32+,33-,35+,38-,39+,40+,47+,48-/m1/s1. The Hall–Kier alpha value is -2.74. The molecule has 4 aliphatic rings. The van der Waals surface area contributed by atoms with Gasteiger partial charge < -0.3 is 24.3 Å². The molecule has 2 aromatic rings. The molecule has 9 heteroatoms. The molecule has 2 aromatic carbocycles. The molecule has 0 aliphatic heterocycles. The quantitative estimate of drug-likeness (QED) is 0.190. The smallest absolute Gasteiger partial charge is 0.341 e. The van der Waals surface area contributed by atoms with E-state index in [1.54, 1.807) is 24.3 Å². The number of hydrogen-bond donors (Lipinski definition) is 1. The minimum absolute atomic E-state index is 0.198. The molecule has 0 amide bonds. The molecule has 9 atom stereocenters. The fraction of sp³-hybridized carbons (Fsp3) is 0.667. The first-order valence-corrected chi connectivity index (χ1v) is 22.3. The van der Waals surface area contributed by atoms with E-state index in [1.165, 1.54) is 99.1 Å². The van der Waals surface area contributed by atoms with Crippen LogP contribution < -0.4 is 14.8 Å². The molecule has 0 spiro atoms. The van der Waals surface area contributed by atoms with Crippen LogP contribution in [-0.2, 0) is 9.47 Å². The number of hydrogen-bond acceptors (Lipinski definition) is 7. The monoisotopic (exact) mass is 823 g/mol. The third kappa shape index (κ3) is 8.64. The van der Waals surface area contributed by atoms with Gasteiger partial charge in [0.15, 0.2) is 11.5 Å². The summed E-state index contributed by atoms with van der Waals surface area (Å²) in [5.74, 6) is 5.18. The molecule has 0 bridgehead atoms. The molecule has 1 N–H and O–H groups in total. The number of halogens is 2. The van der Waals surface area contributed by atoms with Crippen molar-refractivity contribution in [2.24, 2.45) is 52.3 Å². The van der Waals surface area contributed by atoms with Crippen molar-refractivity contribution < 1.29 is 28.5 Å². The molecular weight excluding hydrogens is 757 g/mol. The maximum absolute atomic E-state index is 12.9. The molecule has 0 aromatic heterocycles. The molecule has 0 saturated heterocycles. The lowest BCUT2D eigenvalue weighted by Gasteiger charge is -2.61. The number of rotatable bonds is 14. The summed E-state index contributed by atoms with van der Waals surface area (Å²) in [4.78, 5) is 25.8. The van der Waals surface area contributed by atoms with Gasteiger partial charge in [-0.1, -0.05) is 83.2 Å². The van der Waals surface area contributed by atoms with Crippen LogP contribution in [0.4, 0.5) is 0 Å². The first-order valence-electron chi connectivity index (χ1n) is 21.6. The average Bonchev–Trinajstić information content (AvgIpc) is 3.55. The predicted molar refractivity (Wildman–Crippen MR) is 231 cm³/mol. The van der Waals surface area contributed by atoms with E-state index in [2.05, 4.69) is 46.0 Å². The zero-order valence-corrected chi connectivity index (χ0v) is 37.4. The normalized spacial score (nSPS) is 29.8. The molecule has 0 radical (unpaired) electrons. The van der Waals surface area contributed by atoms with E-state index >= 15 is 0 Å². The van der Waals surface area contributed by atoms with E-state index in [0.29, 0.717) is 34.5 Å². The summed E-state index contributed by atoms with van der Waals surface area (Å²) >= 11 is 13.4. The Balaban J connectivity index is 1.20. The van der Waals surface area contributed by atoms with E-state index in [-0.39, 0.29) is 32.7 Å². The van der Waals surface area contributed by atoms with Crippen LogP contribution in [0.15, 0.2) is 30.3 Å². The summed E-state index contributed by atoms with van der Waals surface area (Å²) in [6, 6.07) is 7.32. The number of esters is 2. The number of methoxy groups -OCH3 is 4. The van der Waals surface area contributed by atoms with Gasteiger partial charge in [-0.05, 0) is 151 Å². The number of nitrogens with one attached hydrogen (secondary N) is 1. The summed E-state index contributed by atoms with van der Waals surface area (Å²) in [6.07, 6.45) is 18.2. The van der Waals surface area contributed by atoms with Gasteiger partial charge in [-0.2, -0.15) is 0 Å². The summed E-state index contributed by atoms with van der Waals surface area (Å²) in [7, 11) is 5.58. The highest BCUT2D eigenvalue weighted by molar-refractivity contribution is 6.33. The first kappa shape index (κ1) is 43.8. The number of carbonyl (C=O) groups excluding carboxylic acids is 2. The second-order valence-corrected chi connectivity index (χ2v) is 19.6. The van der Waals surface area contributed by atoms with E-state index in [1.807, 2.05) is 0 Å². The van der Waals surface area contributed by atoms with Crippen molar-refractivity contribution in [2.75, 3.05) is 35.0 Å². The van der Waals surface area contributed by atoms with Crippen LogP contribution >= 0.6 is 23.2 Å². The molecule has 4 saturated carbocycles. The Morgan fingerprint density at radius 1 is 0.772 bits per heavy atom. The van der Waals surface area contributed by atoms with Gasteiger partial charge in [0.25, 0.3) is 0 Å². The summed E-state index contributed by atoms with van der Waals surface area (Å²) in [6.45, 7) is 13.2. The SMILES string of the molecule is COC(=O)c1cc(C(=CCN[C@@H]2CC[C@@]3(C)[C@@H](CC[C@@H]4[C@@H]3CC[C@]3(C)[C@@H]([C@H](C)CCCC(C)C)CC[C@@H]43)C2)c2cc(Cl)c(OC)c(C(=O)OC)c2)cc(Cl)c1OC. The van der Waals surface area contributed by atoms with Crippen LogP contribution in [0.1, 0.15) is 144 Å². The molecule has 314 valence electrons. The maximum Gasteiger partial charge on any atom is 0.341 e. The summed E-state index contributed by atoms with van der Waals surface area (Å²) < 4.78 is 21.2. The molecule has 7 nitrogen and oxygen atoms in total. The van der Waals surface area contributed by atoms with E-state index in [0.717, 1.165) is 53.4 Å². The van der Waals surface area contributed by atoms with Gasteiger partial charge in [0.2, 0.25) is 0 Å².